The number of rotatable bonds is 15. The smallest absolute Gasteiger partial charge is 0.397 e. The lowest BCUT2D eigenvalue weighted by molar-refractivity contribution is -0.353. The number of terminal acetylenes is 1. The van der Waals surface area contributed by atoms with Crippen LogP contribution in [-0.4, -0.2) is 170 Å². The lowest BCUT2D eigenvalue weighted by atomic mass is 9.91. The zero-order valence-corrected chi connectivity index (χ0v) is 26.1. The zero-order chi connectivity index (χ0) is 35.3. The average molecular weight is 726 g/mol. The van der Waals surface area contributed by atoms with Gasteiger partial charge in [-0.1, -0.05) is 18.0 Å². The maximum absolute atomic E-state index is 12.2. The molecule has 270 valence electrons. The molecule has 0 aliphatic carbocycles. The first-order chi connectivity index (χ1) is 21.9. The van der Waals surface area contributed by atoms with Crippen molar-refractivity contribution in [3.63, 3.8) is 0 Å². The molecular formula is C23H35NO21S2. The number of aliphatic hydroxyl groups is 4. The molecule has 3 saturated heterocycles. The van der Waals surface area contributed by atoms with Gasteiger partial charge >= 0.3 is 26.8 Å². The summed E-state index contributed by atoms with van der Waals surface area (Å²) in [6.45, 7) is -0.714. The minimum absolute atomic E-state index is 0.260. The lowest BCUT2D eigenvalue weighted by Gasteiger charge is -2.46. The molecule has 24 heteroatoms. The standard InChI is InChI=1S/C23H35NO21S2/c1-4-5-38-24-6-10-14(26)18(12(41-10)8-40-47(34,35)36)43-23-16(28)15(27)19(20(45-23)21(29)30)44-22-9(2)13(25)17(37-3)11(42-22)7-39-46(31,32)33/h1,6,9-20,22-23,25-28H,5,7-8H2,2-3H3,(H,29,30)(H,31,32,33)(H,34,35,36)/b24-6-/t9?,10-,11?,12+,13+,14?,15+,16?,17+,18-,19-,20?,22+,23+/m0/s1. The van der Waals surface area contributed by atoms with Crippen molar-refractivity contribution in [2.75, 3.05) is 26.9 Å². The van der Waals surface area contributed by atoms with Gasteiger partial charge in [-0.15, -0.1) is 6.42 Å². The van der Waals surface area contributed by atoms with Crippen molar-refractivity contribution in [3.8, 4) is 12.3 Å². The highest BCUT2D eigenvalue weighted by molar-refractivity contribution is 7.81. The molecule has 0 saturated carbocycles. The van der Waals surface area contributed by atoms with Gasteiger partial charge in [-0.2, -0.15) is 16.8 Å². The topological polar surface area (TPSA) is 322 Å². The summed E-state index contributed by atoms with van der Waals surface area (Å²) < 4.78 is 104. The number of carboxylic acids is 1. The van der Waals surface area contributed by atoms with Crippen molar-refractivity contribution in [3.05, 3.63) is 0 Å². The summed E-state index contributed by atoms with van der Waals surface area (Å²) in [6, 6.07) is 0. The van der Waals surface area contributed by atoms with Gasteiger partial charge in [0, 0.05) is 13.0 Å². The molecule has 14 atom stereocenters. The van der Waals surface area contributed by atoms with Crippen LogP contribution in [0.5, 0.6) is 0 Å². The highest BCUT2D eigenvalue weighted by Crippen LogP contribution is 2.35. The molecule has 0 aromatic heterocycles. The fourth-order valence-electron chi connectivity index (χ4n) is 4.92. The van der Waals surface area contributed by atoms with Crippen molar-refractivity contribution in [2.24, 2.45) is 11.1 Å². The second kappa shape index (κ2) is 16.5. The average Bonchev–Trinajstić information content (AvgIpc) is 3.27. The molecule has 47 heavy (non-hydrogen) atoms. The van der Waals surface area contributed by atoms with Crippen LogP contribution in [0, 0.1) is 18.3 Å². The van der Waals surface area contributed by atoms with Crippen molar-refractivity contribution in [1.82, 2.24) is 0 Å². The second-order valence-electron chi connectivity index (χ2n) is 10.3. The molecule has 3 aliphatic heterocycles. The Kier molecular flexibility index (Phi) is 13.8. The Morgan fingerprint density at radius 2 is 1.43 bits per heavy atom. The van der Waals surface area contributed by atoms with E-state index in [0.717, 1.165) is 13.3 Å². The van der Waals surface area contributed by atoms with Crippen LogP contribution < -0.4 is 0 Å². The van der Waals surface area contributed by atoms with Crippen LogP contribution in [0.15, 0.2) is 5.16 Å². The molecule has 5 unspecified atom stereocenters. The Hall–Kier alpha value is -2.16. The Bertz CT molecular complexity index is 1340. The van der Waals surface area contributed by atoms with E-state index in [-0.39, 0.29) is 6.61 Å². The third-order valence-corrected chi connectivity index (χ3v) is 8.05. The molecule has 3 rings (SSSR count). The molecule has 0 aromatic rings. The van der Waals surface area contributed by atoms with Crippen LogP contribution in [0.25, 0.3) is 0 Å². The quantitative estimate of drug-likeness (QED) is 0.0275. The number of methoxy groups -OCH3 is 1. The summed E-state index contributed by atoms with van der Waals surface area (Å²) in [6.07, 6.45) is -16.5. The molecular weight excluding hydrogens is 690 g/mol. The van der Waals surface area contributed by atoms with E-state index in [4.69, 9.17) is 48.8 Å². The molecule has 0 bridgehead atoms. The summed E-state index contributed by atoms with van der Waals surface area (Å²) >= 11 is 0. The number of ether oxygens (including phenoxy) is 6. The summed E-state index contributed by atoms with van der Waals surface area (Å²) in [7, 11) is -8.81. The summed E-state index contributed by atoms with van der Waals surface area (Å²) in [4.78, 5) is 16.9. The molecule has 3 aliphatic rings. The third-order valence-electron chi connectivity index (χ3n) is 7.19. The first kappa shape index (κ1) is 39.3. The second-order valence-corrected chi connectivity index (χ2v) is 12.5. The van der Waals surface area contributed by atoms with E-state index < -0.39 is 126 Å². The van der Waals surface area contributed by atoms with Gasteiger partial charge in [0.05, 0.1) is 25.5 Å². The Morgan fingerprint density at radius 1 is 0.851 bits per heavy atom. The van der Waals surface area contributed by atoms with Gasteiger partial charge < -0.3 is 58.8 Å². The van der Waals surface area contributed by atoms with Crippen LogP contribution >= 0.6 is 0 Å². The Balaban J connectivity index is 1.80. The number of hydrogen-bond donors (Lipinski definition) is 7. The molecule has 3 heterocycles. The first-order valence-electron chi connectivity index (χ1n) is 13.5. The number of carboxylic acid groups (broad SMARTS) is 1. The minimum Gasteiger partial charge on any atom is -0.479 e. The van der Waals surface area contributed by atoms with Crippen molar-refractivity contribution in [2.45, 2.75) is 86.6 Å². The van der Waals surface area contributed by atoms with E-state index in [0.29, 0.717) is 0 Å². The summed E-state index contributed by atoms with van der Waals surface area (Å²) in [5, 5.41) is 56.7. The van der Waals surface area contributed by atoms with Crippen LogP contribution in [0.1, 0.15) is 6.92 Å². The molecule has 22 nitrogen and oxygen atoms in total. The van der Waals surface area contributed by atoms with E-state index in [1.54, 1.807) is 0 Å². The molecule has 0 amide bonds. The molecule has 0 aromatic carbocycles. The number of aliphatic carboxylic acids is 1. The lowest BCUT2D eigenvalue weighted by Crippen LogP contribution is -2.65. The predicted molar refractivity (Wildman–Crippen MR) is 146 cm³/mol. The van der Waals surface area contributed by atoms with E-state index in [2.05, 4.69) is 19.4 Å². The minimum atomic E-state index is -5.02. The number of oxime groups is 1. The van der Waals surface area contributed by atoms with E-state index in [1.807, 2.05) is 0 Å². The van der Waals surface area contributed by atoms with Gasteiger partial charge in [0.2, 0.25) is 0 Å². The van der Waals surface area contributed by atoms with E-state index >= 15 is 0 Å². The van der Waals surface area contributed by atoms with Crippen LogP contribution in [0.3, 0.4) is 0 Å². The van der Waals surface area contributed by atoms with Gasteiger partial charge in [-0.25, -0.2) is 13.2 Å². The Labute approximate surface area is 267 Å². The van der Waals surface area contributed by atoms with Crippen LogP contribution in [-0.2, 0) is 67.2 Å². The Morgan fingerprint density at radius 3 is 1.96 bits per heavy atom. The van der Waals surface area contributed by atoms with Gasteiger partial charge in [0.1, 0.15) is 54.9 Å². The van der Waals surface area contributed by atoms with Crippen molar-refractivity contribution >= 4 is 33.0 Å². The number of nitrogens with zero attached hydrogens (tertiary/aromatic N) is 1. The van der Waals surface area contributed by atoms with E-state index in [1.165, 1.54) is 6.92 Å². The van der Waals surface area contributed by atoms with Gasteiger partial charge in [-0.05, 0) is 0 Å². The summed E-state index contributed by atoms with van der Waals surface area (Å²) in [5.74, 6) is -0.675. The molecule has 3 fully saturated rings. The molecule has 0 radical (unpaired) electrons. The fraction of sp³-hybridized carbons (Fsp3) is 0.826. The van der Waals surface area contributed by atoms with E-state index in [9.17, 15) is 47.2 Å². The number of hydrogen-bond acceptors (Lipinski definition) is 19. The highest BCUT2D eigenvalue weighted by atomic mass is 32.3. The van der Waals surface area contributed by atoms with Gasteiger partial charge in [0.25, 0.3) is 0 Å². The fourth-order valence-corrected chi connectivity index (χ4v) is 5.53. The van der Waals surface area contributed by atoms with Gasteiger partial charge in [-0.3, -0.25) is 9.11 Å². The maximum atomic E-state index is 12.2. The van der Waals surface area contributed by atoms with Crippen molar-refractivity contribution in [1.29, 1.82) is 0 Å². The SMILES string of the molecule is C#CCO/N=C\[C@@H]1O[C@H](COS(=O)(=O)O)[C@H](O[C@@H]2OC(C(=O)O)[C@@H](O[C@H]3OC(COS(=O)(=O)O)[C@@H](OC)[C@H](O)C3C)[C@H](O)C2O)C1O. The highest BCUT2D eigenvalue weighted by Gasteiger charge is 2.55. The summed E-state index contributed by atoms with van der Waals surface area (Å²) in [5.41, 5.74) is 0. The molecule has 7 N–H and O–H groups in total. The van der Waals surface area contributed by atoms with Crippen molar-refractivity contribution < 1.29 is 97.9 Å². The zero-order valence-electron chi connectivity index (χ0n) is 24.5. The van der Waals surface area contributed by atoms with Crippen LogP contribution in [0.4, 0.5) is 0 Å². The third kappa shape index (κ3) is 10.4. The first-order valence-corrected chi connectivity index (χ1v) is 16.2. The van der Waals surface area contributed by atoms with Crippen LogP contribution in [0.2, 0.25) is 0 Å². The van der Waals surface area contributed by atoms with Gasteiger partial charge in [0.15, 0.2) is 25.3 Å². The maximum Gasteiger partial charge on any atom is 0.397 e. The monoisotopic (exact) mass is 725 g/mol. The number of aliphatic hydroxyl groups excluding tert-OH is 4. The number of carbonyl (C=O) groups is 1. The largest absolute Gasteiger partial charge is 0.479 e. The normalized spacial score (nSPS) is 39.9. The molecule has 0 spiro atoms. The predicted octanol–water partition coefficient (Wildman–Crippen LogP) is -4.57.